The van der Waals surface area contributed by atoms with Gasteiger partial charge in [-0.1, -0.05) is 0 Å². The quantitative estimate of drug-likeness (QED) is 0.678. The Morgan fingerprint density at radius 2 is 2.15 bits per heavy atom. The second-order valence-corrected chi connectivity index (χ2v) is 4.83. The first kappa shape index (κ1) is 15.9. The van der Waals surface area contributed by atoms with Gasteiger partial charge in [-0.25, -0.2) is 14.6 Å². The molecule has 9 heteroatoms. The number of thiazole rings is 1. The van der Waals surface area contributed by atoms with E-state index in [0.717, 1.165) is 0 Å². The van der Waals surface area contributed by atoms with Crippen molar-refractivity contribution in [1.82, 2.24) is 15.2 Å². The summed E-state index contributed by atoms with van der Waals surface area (Å²) < 4.78 is 0. The molecule has 0 fully saturated rings. The van der Waals surface area contributed by atoms with Gasteiger partial charge in [-0.05, 0) is 6.42 Å². The van der Waals surface area contributed by atoms with Crippen molar-refractivity contribution in [3.05, 3.63) is 16.6 Å². The molecule has 110 valence electrons. The van der Waals surface area contributed by atoms with Gasteiger partial charge in [0.2, 0.25) is 0 Å². The largest absolute Gasteiger partial charge is 0.481 e. The van der Waals surface area contributed by atoms with Gasteiger partial charge in [-0.15, -0.1) is 11.3 Å². The lowest BCUT2D eigenvalue weighted by Gasteiger charge is -2.20. The normalized spacial score (nSPS) is 11.7. The first-order chi connectivity index (χ1) is 9.40. The number of amides is 2. The SMILES string of the molecule is CN(Cc1cscn1)C(=O)NC(CCC(=O)O)C(=O)O. The zero-order valence-corrected chi connectivity index (χ0v) is 11.6. The van der Waals surface area contributed by atoms with E-state index in [1.807, 2.05) is 0 Å². The van der Waals surface area contributed by atoms with Crippen LogP contribution in [0.15, 0.2) is 10.9 Å². The summed E-state index contributed by atoms with van der Waals surface area (Å²) >= 11 is 1.39. The summed E-state index contributed by atoms with van der Waals surface area (Å²) in [5.74, 6) is -2.37. The molecule has 0 aliphatic rings. The van der Waals surface area contributed by atoms with Gasteiger partial charge in [-0.3, -0.25) is 4.79 Å². The smallest absolute Gasteiger partial charge is 0.326 e. The first-order valence-electron chi connectivity index (χ1n) is 5.73. The Kier molecular flexibility index (Phi) is 5.91. The molecule has 0 aliphatic carbocycles. The van der Waals surface area contributed by atoms with Crippen molar-refractivity contribution >= 4 is 29.3 Å². The van der Waals surface area contributed by atoms with E-state index in [9.17, 15) is 14.4 Å². The fraction of sp³-hybridized carbons (Fsp3) is 0.455. The maximum absolute atomic E-state index is 11.8. The lowest BCUT2D eigenvalue weighted by atomic mass is 10.1. The van der Waals surface area contributed by atoms with E-state index in [1.54, 1.807) is 10.9 Å². The molecule has 1 unspecified atom stereocenters. The number of carbonyl (C=O) groups excluding carboxylic acids is 1. The van der Waals surface area contributed by atoms with Crippen LogP contribution in [0.5, 0.6) is 0 Å². The van der Waals surface area contributed by atoms with E-state index in [-0.39, 0.29) is 19.4 Å². The lowest BCUT2D eigenvalue weighted by Crippen LogP contribution is -2.46. The van der Waals surface area contributed by atoms with Crippen LogP contribution < -0.4 is 5.32 Å². The highest BCUT2D eigenvalue weighted by Crippen LogP contribution is 2.05. The van der Waals surface area contributed by atoms with Crippen LogP contribution in [0.25, 0.3) is 0 Å². The molecule has 1 atom stereocenters. The lowest BCUT2D eigenvalue weighted by molar-refractivity contribution is -0.140. The van der Waals surface area contributed by atoms with Crippen molar-refractivity contribution in [3.63, 3.8) is 0 Å². The van der Waals surface area contributed by atoms with Gasteiger partial charge in [0.25, 0.3) is 0 Å². The van der Waals surface area contributed by atoms with Gasteiger partial charge in [0, 0.05) is 18.8 Å². The number of urea groups is 1. The summed E-state index contributed by atoms with van der Waals surface area (Å²) in [7, 11) is 1.50. The molecule has 0 aromatic carbocycles. The number of nitrogens with zero attached hydrogens (tertiary/aromatic N) is 2. The van der Waals surface area contributed by atoms with E-state index >= 15 is 0 Å². The third-order valence-corrected chi connectivity index (χ3v) is 3.11. The number of hydrogen-bond acceptors (Lipinski definition) is 5. The molecule has 1 heterocycles. The van der Waals surface area contributed by atoms with Crippen LogP contribution in [0.4, 0.5) is 4.79 Å². The van der Waals surface area contributed by atoms with E-state index in [2.05, 4.69) is 10.3 Å². The first-order valence-corrected chi connectivity index (χ1v) is 6.67. The number of carboxylic acid groups (broad SMARTS) is 2. The van der Waals surface area contributed by atoms with Crippen molar-refractivity contribution in [3.8, 4) is 0 Å². The maximum Gasteiger partial charge on any atom is 0.326 e. The molecule has 0 saturated carbocycles. The number of aliphatic carboxylic acids is 2. The minimum atomic E-state index is -1.26. The van der Waals surface area contributed by atoms with Gasteiger partial charge in [0.1, 0.15) is 6.04 Å². The highest BCUT2D eigenvalue weighted by atomic mass is 32.1. The summed E-state index contributed by atoms with van der Waals surface area (Å²) in [6.07, 6.45) is -0.492. The molecule has 8 nitrogen and oxygen atoms in total. The Labute approximate surface area is 119 Å². The summed E-state index contributed by atoms with van der Waals surface area (Å²) in [5.41, 5.74) is 2.33. The average molecular weight is 301 g/mol. The molecule has 0 spiro atoms. The Hall–Kier alpha value is -2.16. The second kappa shape index (κ2) is 7.43. The van der Waals surface area contributed by atoms with Crippen LogP contribution in [0.3, 0.4) is 0 Å². The third kappa shape index (κ3) is 5.22. The minimum Gasteiger partial charge on any atom is -0.481 e. The van der Waals surface area contributed by atoms with Crippen LogP contribution in [0.2, 0.25) is 0 Å². The molecule has 0 saturated heterocycles. The second-order valence-electron chi connectivity index (χ2n) is 4.11. The Bertz CT molecular complexity index is 476. The molecule has 0 radical (unpaired) electrons. The van der Waals surface area contributed by atoms with Crippen molar-refractivity contribution in [2.45, 2.75) is 25.4 Å². The molecule has 3 N–H and O–H groups in total. The molecule has 1 rings (SSSR count). The average Bonchev–Trinajstić information content (AvgIpc) is 2.86. The van der Waals surface area contributed by atoms with Gasteiger partial charge >= 0.3 is 18.0 Å². The number of rotatable bonds is 7. The van der Waals surface area contributed by atoms with E-state index in [1.165, 1.54) is 23.3 Å². The van der Waals surface area contributed by atoms with Crippen molar-refractivity contribution in [1.29, 1.82) is 0 Å². The van der Waals surface area contributed by atoms with E-state index in [0.29, 0.717) is 5.69 Å². The maximum atomic E-state index is 11.8. The topological polar surface area (TPSA) is 120 Å². The predicted octanol–water partition coefficient (Wildman–Crippen LogP) is 0.602. The highest BCUT2D eigenvalue weighted by molar-refractivity contribution is 7.07. The van der Waals surface area contributed by atoms with E-state index < -0.39 is 24.0 Å². The monoisotopic (exact) mass is 301 g/mol. The standard InChI is InChI=1S/C11H15N3O5S/c1-14(4-7-5-20-6-12-7)11(19)13-8(10(17)18)2-3-9(15)16/h5-6,8H,2-4H2,1H3,(H,13,19)(H,15,16)(H,17,18). The Balaban J connectivity index is 2.52. The zero-order valence-electron chi connectivity index (χ0n) is 10.8. The Morgan fingerprint density at radius 3 is 2.65 bits per heavy atom. The molecular formula is C11H15N3O5S. The zero-order chi connectivity index (χ0) is 15.1. The van der Waals surface area contributed by atoms with Gasteiger partial charge in [0.15, 0.2) is 0 Å². The van der Waals surface area contributed by atoms with Gasteiger partial charge in [0.05, 0.1) is 17.7 Å². The van der Waals surface area contributed by atoms with Crippen LogP contribution in [0, 0.1) is 0 Å². The summed E-state index contributed by atoms with van der Waals surface area (Å²) in [6, 6.07) is -1.81. The summed E-state index contributed by atoms with van der Waals surface area (Å²) in [4.78, 5) is 38.5. The van der Waals surface area contributed by atoms with Crippen LogP contribution in [-0.4, -0.2) is 51.2 Å². The fourth-order valence-electron chi connectivity index (χ4n) is 1.41. The van der Waals surface area contributed by atoms with Crippen LogP contribution in [-0.2, 0) is 16.1 Å². The molecule has 0 bridgehead atoms. The third-order valence-electron chi connectivity index (χ3n) is 2.47. The molecular weight excluding hydrogens is 286 g/mol. The minimum absolute atomic E-state index is 0.166. The Morgan fingerprint density at radius 1 is 1.45 bits per heavy atom. The van der Waals surface area contributed by atoms with E-state index in [4.69, 9.17) is 10.2 Å². The van der Waals surface area contributed by atoms with Crippen LogP contribution >= 0.6 is 11.3 Å². The number of aromatic nitrogens is 1. The predicted molar refractivity (Wildman–Crippen MR) is 70.4 cm³/mol. The molecule has 2 amide bonds. The number of carboxylic acids is 2. The molecule has 1 aromatic rings. The highest BCUT2D eigenvalue weighted by Gasteiger charge is 2.22. The molecule has 20 heavy (non-hydrogen) atoms. The van der Waals surface area contributed by atoms with Crippen molar-refractivity contribution in [2.75, 3.05) is 7.05 Å². The van der Waals surface area contributed by atoms with Crippen LogP contribution in [0.1, 0.15) is 18.5 Å². The summed E-state index contributed by atoms with van der Waals surface area (Å²) in [6.45, 7) is 0.251. The summed E-state index contributed by atoms with van der Waals surface area (Å²) in [5, 5.41) is 21.5. The number of carbonyl (C=O) groups is 3. The number of nitrogens with one attached hydrogen (secondary N) is 1. The number of hydrogen-bond donors (Lipinski definition) is 3. The molecule has 1 aromatic heterocycles. The van der Waals surface area contributed by atoms with Crippen molar-refractivity contribution < 1.29 is 24.6 Å². The fourth-order valence-corrected chi connectivity index (χ4v) is 1.96. The van der Waals surface area contributed by atoms with Gasteiger partial charge < -0.3 is 20.4 Å². The van der Waals surface area contributed by atoms with Gasteiger partial charge in [-0.2, -0.15) is 0 Å². The van der Waals surface area contributed by atoms with Crippen molar-refractivity contribution in [2.24, 2.45) is 0 Å². The molecule has 0 aliphatic heterocycles.